The molecule has 2 unspecified atom stereocenters. The monoisotopic (exact) mass is 294 g/mol. The Morgan fingerprint density at radius 2 is 1.52 bits per heavy atom. The van der Waals surface area contributed by atoms with E-state index in [-0.39, 0.29) is 0 Å². The van der Waals surface area contributed by atoms with E-state index in [0.29, 0.717) is 10.8 Å². The van der Waals surface area contributed by atoms with Crippen LogP contribution in [-0.4, -0.2) is 37.6 Å². The van der Waals surface area contributed by atoms with E-state index in [9.17, 15) is 0 Å². The summed E-state index contributed by atoms with van der Waals surface area (Å²) in [4.78, 5) is 2.69. The van der Waals surface area contributed by atoms with Crippen molar-refractivity contribution in [2.24, 2.45) is 16.7 Å². The van der Waals surface area contributed by atoms with Crippen molar-refractivity contribution >= 4 is 0 Å². The van der Waals surface area contributed by atoms with Gasteiger partial charge in [0.1, 0.15) is 0 Å². The van der Waals surface area contributed by atoms with Gasteiger partial charge in [-0.2, -0.15) is 0 Å². The Kier molecular flexibility index (Phi) is 5.41. The first-order valence-electron chi connectivity index (χ1n) is 9.10. The maximum Gasteiger partial charge on any atom is 0.0105 e. The predicted octanol–water partition coefficient (Wildman–Crippen LogP) is 4.30. The average molecular weight is 295 g/mol. The highest BCUT2D eigenvalue weighted by molar-refractivity contribution is 4.91. The van der Waals surface area contributed by atoms with Crippen LogP contribution in [0, 0.1) is 16.7 Å². The van der Waals surface area contributed by atoms with Crippen LogP contribution in [0.25, 0.3) is 0 Å². The predicted molar refractivity (Wildman–Crippen MR) is 92.6 cm³/mol. The third kappa shape index (κ3) is 4.69. The van der Waals surface area contributed by atoms with Gasteiger partial charge in [0.05, 0.1) is 0 Å². The van der Waals surface area contributed by atoms with Gasteiger partial charge in [-0.25, -0.2) is 0 Å². The molecule has 0 aromatic rings. The Morgan fingerprint density at radius 1 is 0.952 bits per heavy atom. The molecule has 2 heteroatoms. The SMILES string of the molecule is CNC1CCC(C)(C)CC1CN(C)C1CCC(C)(C)CC1. The lowest BCUT2D eigenvalue weighted by Gasteiger charge is -2.45. The quantitative estimate of drug-likeness (QED) is 0.831. The average Bonchev–Trinajstić information content (AvgIpc) is 2.37. The Morgan fingerprint density at radius 3 is 2.10 bits per heavy atom. The van der Waals surface area contributed by atoms with Crippen molar-refractivity contribution < 1.29 is 0 Å². The van der Waals surface area contributed by atoms with Gasteiger partial charge in [0, 0.05) is 18.6 Å². The molecule has 0 aromatic carbocycles. The highest BCUT2D eigenvalue weighted by Crippen LogP contribution is 2.40. The minimum atomic E-state index is 0.535. The first-order valence-corrected chi connectivity index (χ1v) is 9.10. The van der Waals surface area contributed by atoms with Gasteiger partial charge in [-0.15, -0.1) is 0 Å². The minimum Gasteiger partial charge on any atom is -0.317 e. The molecule has 2 saturated carbocycles. The lowest BCUT2D eigenvalue weighted by molar-refractivity contribution is 0.0716. The summed E-state index contributed by atoms with van der Waals surface area (Å²) in [5.74, 6) is 0.818. The molecule has 21 heavy (non-hydrogen) atoms. The fourth-order valence-corrected chi connectivity index (χ4v) is 4.65. The molecule has 0 spiro atoms. The van der Waals surface area contributed by atoms with Gasteiger partial charge >= 0.3 is 0 Å². The molecule has 2 atom stereocenters. The van der Waals surface area contributed by atoms with E-state index >= 15 is 0 Å². The molecule has 2 aliphatic carbocycles. The first kappa shape index (κ1) is 17.3. The molecule has 0 radical (unpaired) electrons. The van der Waals surface area contributed by atoms with Crippen LogP contribution >= 0.6 is 0 Å². The first-order chi connectivity index (χ1) is 9.72. The summed E-state index contributed by atoms with van der Waals surface area (Å²) in [6, 6.07) is 1.54. The van der Waals surface area contributed by atoms with E-state index < -0.39 is 0 Å². The molecular weight excluding hydrogens is 256 g/mol. The highest BCUT2D eigenvalue weighted by Gasteiger charge is 2.36. The molecule has 124 valence electrons. The number of nitrogens with one attached hydrogen (secondary N) is 1. The maximum atomic E-state index is 3.59. The van der Waals surface area contributed by atoms with Gasteiger partial charge in [-0.05, 0) is 75.8 Å². The molecule has 2 fully saturated rings. The summed E-state index contributed by atoms with van der Waals surface area (Å²) in [6.07, 6.45) is 9.67. The van der Waals surface area contributed by atoms with E-state index in [1.54, 1.807) is 0 Å². The summed E-state index contributed by atoms with van der Waals surface area (Å²) >= 11 is 0. The highest BCUT2D eigenvalue weighted by atomic mass is 15.1. The van der Waals surface area contributed by atoms with E-state index in [4.69, 9.17) is 0 Å². The van der Waals surface area contributed by atoms with Crippen LogP contribution in [0.4, 0.5) is 0 Å². The zero-order valence-electron chi connectivity index (χ0n) is 15.3. The Labute approximate surface area is 133 Å². The largest absolute Gasteiger partial charge is 0.317 e. The van der Waals surface area contributed by atoms with Gasteiger partial charge in [0.15, 0.2) is 0 Å². The Hall–Kier alpha value is -0.0800. The Balaban J connectivity index is 1.89. The molecule has 2 nitrogen and oxygen atoms in total. The number of hydrogen-bond acceptors (Lipinski definition) is 2. The molecular formula is C19H38N2. The summed E-state index contributed by atoms with van der Waals surface area (Å²) in [5, 5.41) is 3.59. The second-order valence-electron chi connectivity index (χ2n) is 9.40. The van der Waals surface area contributed by atoms with Crippen LogP contribution in [0.5, 0.6) is 0 Å². The van der Waals surface area contributed by atoms with Crippen molar-refractivity contribution in [2.45, 2.75) is 84.7 Å². The molecule has 2 aliphatic rings. The van der Waals surface area contributed by atoms with E-state index in [1.165, 1.54) is 51.5 Å². The van der Waals surface area contributed by atoms with Crippen molar-refractivity contribution in [3.05, 3.63) is 0 Å². The van der Waals surface area contributed by atoms with E-state index in [1.807, 2.05) is 0 Å². The lowest BCUT2D eigenvalue weighted by atomic mass is 9.69. The minimum absolute atomic E-state index is 0.535. The molecule has 0 bridgehead atoms. The second kappa shape index (κ2) is 6.58. The van der Waals surface area contributed by atoms with Crippen molar-refractivity contribution in [3.63, 3.8) is 0 Å². The summed E-state index contributed by atoms with van der Waals surface area (Å²) in [5.41, 5.74) is 1.12. The molecule has 1 N–H and O–H groups in total. The maximum absolute atomic E-state index is 3.59. The van der Waals surface area contributed by atoms with Gasteiger partial charge in [0.25, 0.3) is 0 Å². The summed E-state index contributed by atoms with van der Waals surface area (Å²) < 4.78 is 0. The second-order valence-corrected chi connectivity index (χ2v) is 9.40. The fraction of sp³-hybridized carbons (Fsp3) is 1.00. The van der Waals surface area contributed by atoms with Crippen LogP contribution in [0.2, 0.25) is 0 Å². The molecule has 0 heterocycles. The molecule has 0 saturated heterocycles. The molecule has 0 amide bonds. The van der Waals surface area contributed by atoms with Crippen LogP contribution < -0.4 is 5.32 Å². The fourth-order valence-electron chi connectivity index (χ4n) is 4.65. The van der Waals surface area contributed by atoms with Gasteiger partial charge < -0.3 is 10.2 Å². The number of rotatable bonds is 4. The third-order valence-electron chi connectivity index (χ3n) is 6.34. The van der Waals surface area contributed by atoms with Crippen molar-refractivity contribution in [1.82, 2.24) is 10.2 Å². The normalized spacial score (nSPS) is 33.3. The molecule has 0 aliphatic heterocycles. The van der Waals surface area contributed by atoms with Crippen molar-refractivity contribution in [3.8, 4) is 0 Å². The standard InChI is InChI=1S/C19H38N2/c1-18(2)10-7-16(8-11-18)21(6)14-15-13-19(3,4)12-9-17(15)20-5/h15-17,20H,7-14H2,1-6H3. The zero-order chi connectivity index (χ0) is 15.7. The molecule has 2 rings (SSSR count). The van der Waals surface area contributed by atoms with Crippen LogP contribution in [0.3, 0.4) is 0 Å². The van der Waals surface area contributed by atoms with Gasteiger partial charge in [-0.3, -0.25) is 0 Å². The van der Waals surface area contributed by atoms with Crippen LogP contribution in [0.1, 0.15) is 72.6 Å². The topological polar surface area (TPSA) is 15.3 Å². The van der Waals surface area contributed by atoms with Crippen LogP contribution in [0.15, 0.2) is 0 Å². The third-order valence-corrected chi connectivity index (χ3v) is 6.34. The summed E-state index contributed by atoms with van der Waals surface area (Å²) in [6.45, 7) is 11.1. The van der Waals surface area contributed by atoms with Gasteiger partial charge in [0.2, 0.25) is 0 Å². The van der Waals surface area contributed by atoms with Crippen LogP contribution in [-0.2, 0) is 0 Å². The zero-order valence-corrected chi connectivity index (χ0v) is 15.3. The lowest BCUT2D eigenvalue weighted by Crippen LogP contribution is -2.48. The van der Waals surface area contributed by atoms with Gasteiger partial charge in [-0.1, -0.05) is 27.7 Å². The number of nitrogens with zero attached hydrogens (tertiary/aromatic N) is 1. The number of hydrogen-bond donors (Lipinski definition) is 1. The van der Waals surface area contributed by atoms with Crippen molar-refractivity contribution in [2.75, 3.05) is 20.6 Å². The Bertz CT molecular complexity index is 324. The molecule has 0 aromatic heterocycles. The van der Waals surface area contributed by atoms with Crippen molar-refractivity contribution in [1.29, 1.82) is 0 Å². The smallest absolute Gasteiger partial charge is 0.0105 e. The van der Waals surface area contributed by atoms with E-state index in [2.05, 4.69) is 52.0 Å². The van der Waals surface area contributed by atoms with E-state index in [0.717, 1.165) is 18.0 Å². The summed E-state index contributed by atoms with van der Waals surface area (Å²) in [7, 11) is 4.52.